The number of ether oxygens (including phenoxy) is 3. The van der Waals surface area contributed by atoms with Gasteiger partial charge in [-0.15, -0.1) is 10.2 Å². The van der Waals surface area contributed by atoms with Gasteiger partial charge in [-0.25, -0.2) is 9.18 Å². The number of hydrogen-bond donors (Lipinski definition) is 0. The molecule has 1 heterocycles. The Morgan fingerprint density at radius 3 is 2.31 bits per heavy atom. The van der Waals surface area contributed by atoms with Crippen molar-refractivity contribution < 1.29 is 27.8 Å². The number of benzene rings is 2. The number of nitrogens with zero attached hydrogens (tertiary/aromatic N) is 2. The van der Waals surface area contributed by atoms with Gasteiger partial charge in [-0.05, 0) is 36.4 Å². The first-order valence-corrected chi connectivity index (χ1v) is 7.57. The summed E-state index contributed by atoms with van der Waals surface area (Å²) in [6, 6.07) is 10.3. The van der Waals surface area contributed by atoms with E-state index in [4.69, 9.17) is 18.6 Å². The number of esters is 1. The molecule has 0 N–H and O–H groups in total. The highest BCUT2D eigenvalue weighted by Gasteiger charge is 2.14. The monoisotopic (exact) mass is 358 g/mol. The van der Waals surface area contributed by atoms with Gasteiger partial charge >= 0.3 is 5.97 Å². The van der Waals surface area contributed by atoms with Crippen LogP contribution in [0.3, 0.4) is 0 Å². The summed E-state index contributed by atoms with van der Waals surface area (Å²) in [5.74, 6) is 0.298. The van der Waals surface area contributed by atoms with E-state index in [1.807, 2.05) is 0 Å². The Morgan fingerprint density at radius 2 is 1.69 bits per heavy atom. The average molecular weight is 358 g/mol. The number of carbonyl (C=O) groups excluding carboxylic acids is 1. The molecule has 3 aromatic rings. The lowest BCUT2D eigenvalue weighted by atomic mass is 10.2. The van der Waals surface area contributed by atoms with Crippen molar-refractivity contribution in [3.63, 3.8) is 0 Å². The van der Waals surface area contributed by atoms with Crippen molar-refractivity contribution in [3.8, 4) is 23.0 Å². The van der Waals surface area contributed by atoms with E-state index in [2.05, 4.69) is 10.2 Å². The zero-order chi connectivity index (χ0) is 18.5. The molecule has 7 nitrogen and oxygen atoms in total. The van der Waals surface area contributed by atoms with Gasteiger partial charge in [0.2, 0.25) is 5.89 Å². The molecule has 0 atom stereocenters. The van der Waals surface area contributed by atoms with Crippen LogP contribution in [0, 0.1) is 5.82 Å². The number of hydrogen-bond acceptors (Lipinski definition) is 7. The highest BCUT2D eigenvalue weighted by atomic mass is 19.1. The molecule has 134 valence electrons. The molecule has 0 aliphatic heterocycles. The summed E-state index contributed by atoms with van der Waals surface area (Å²) < 4.78 is 33.8. The summed E-state index contributed by atoms with van der Waals surface area (Å²) >= 11 is 0. The average Bonchev–Trinajstić information content (AvgIpc) is 3.15. The maximum atomic E-state index is 12.9. The molecule has 0 unspecified atom stereocenters. The fourth-order valence-corrected chi connectivity index (χ4v) is 2.16. The number of carbonyl (C=O) groups is 1. The van der Waals surface area contributed by atoms with Crippen LogP contribution in [0.15, 0.2) is 46.9 Å². The number of rotatable bonds is 6. The molecule has 0 fully saturated rings. The molecular weight excluding hydrogens is 343 g/mol. The first kappa shape index (κ1) is 17.4. The van der Waals surface area contributed by atoms with Crippen molar-refractivity contribution in [2.75, 3.05) is 14.2 Å². The molecule has 26 heavy (non-hydrogen) atoms. The largest absolute Gasteiger partial charge is 0.497 e. The normalized spacial score (nSPS) is 10.4. The van der Waals surface area contributed by atoms with E-state index in [1.165, 1.54) is 50.6 Å². The summed E-state index contributed by atoms with van der Waals surface area (Å²) in [5.41, 5.74) is 0.827. The Morgan fingerprint density at radius 1 is 1.04 bits per heavy atom. The predicted molar refractivity (Wildman–Crippen MR) is 88.4 cm³/mol. The van der Waals surface area contributed by atoms with Gasteiger partial charge < -0.3 is 18.6 Å². The van der Waals surface area contributed by atoms with E-state index >= 15 is 0 Å². The number of aromatic nitrogens is 2. The van der Waals surface area contributed by atoms with Crippen LogP contribution in [0.2, 0.25) is 0 Å². The Kier molecular flexibility index (Phi) is 5.12. The van der Waals surface area contributed by atoms with E-state index in [0.717, 1.165) is 0 Å². The van der Waals surface area contributed by atoms with Crippen LogP contribution in [-0.2, 0) is 11.3 Å². The van der Waals surface area contributed by atoms with E-state index in [-0.39, 0.29) is 29.8 Å². The third-order valence-electron chi connectivity index (χ3n) is 3.47. The molecule has 2 aromatic carbocycles. The van der Waals surface area contributed by atoms with Crippen LogP contribution in [-0.4, -0.2) is 30.4 Å². The van der Waals surface area contributed by atoms with Crippen LogP contribution >= 0.6 is 0 Å². The minimum absolute atomic E-state index is 0.118. The van der Waals surface area contributed by atoms with E-state index in [1.54, 1.807) is 6.07 Å². The Labute approximate surface area is 148 Å². The summed E-state index contributed by atoms with van der Waals surface area (Å²) in [5, 5.41) is 7.66. The van der Waals surface area contributed by atoms with Crippen molar-refractivity contribution in [1.29, 1.82) is 0 Å². The van der Waals surface area contributed by atoms with E-state index in [0.29, 0.717) is 17.1 Å². The van der Waals surface area contributed by atoms with Crippen LogP contribution in [0.5, 0.6) is 11.5 Å². The molecule has 0 aliphatic rings. The Bertz CT molecular complexity index is 886. The minimum Gasteiger partial charge on any atom is -0.497 e. The molecule has 0 bridgehead atoms. The summed E-state index contributed by atoms with van der Waals surface area (Å²) in [6.07, 6.45) is 0. The summed E-state index contributed by atoms with van der Waals surface area (Å²) in [4.78, 5) is 12.2. The highest BCUT2D eigenvalue weighted by Crippen LogP contribution is 2.23. The molecule has 0 saturated heterocycles. The van der Waals surface area contributed by atoms with E-state index in [9.17, 15) is 9.18 Å². The number of methoxy groups -OCH3 is 2. The highest BCUT2D eigenvalue weighted by molar-refractivity contribution is 5.90. The third-order valence-corrected chi connectivity index (χ3v) is 3.47. The molecule has 0 spiro atoms. The second-order valence-corrected chi connectivity index (χ2v) is 5.19. The minimum atomic E-state index is -0.594. The number of halogens is 1. The van der Waals surface area contributed by atoms with Crippen LogP contribution in [0.25, 0.3) is 11.5 Å². The van der Waals surface area contributed by atoms with Crippen molar-refractivity contribution in [2.45, 2.75) is 6.61 Å². The fraction of sp³-hybridized carbons (Fsp3) is 0.167. The SMILES string of the molecule is COc1cc(OC)cc(C(=O)OCc2nnc(-c3ccc(F)cc3)o2)c1. The topological polar surface area (TPSA) is 83.7 Å². The van der Waals surface area contributed by atoms with Gasteiger partial charge in [-0.3, -0.25) is 0 Å². The van der Waals surface area contributed by atoms with Crippen molar-refractivity contribution in [2.24, 2.45) is 0 Å². The molecular formula is C18H15FN2O5. The van der Waals surface area contributed by atoms with Crippen LogP contribution in [0.4, 0.5) is 4.39 Å². The summed E-state index contributed by atoms with van der Waals surface area (Å²) in [7, 11) is 2.97. The van der Waals surface area contributed by atoms with Gasteiger partial charge in [0, 0.05) is 11.6 Å². The molecule has 0 radical (unpaired) electrons. The summed E-state index contributed by atoms with van der Waals surface area (Å²) in [6.45, 7) is -0.202. The molecule has 8 heteroatoms. The lowest BCUT2D eigenvalue weighted by molar-refractivity contribution is 0.0438. The Hall–Kier alpha value is -3.42. The van der Waals surface area contributed by atoms with Gasteiger partial charge in [0.25, 0.3) is 5.89 Å². The van der Waals surface area contributed by atoms with Gasteiger partial charge in [0.05, 0.1) is 19.8 Å². The van der Waals surface area contributed by atoms with Gasteiger partial charge in [0.15, 0.2) is 6.61 Å². The molecule has 3 rings (SSSR count). The molecule has 0 amide bonds. The second-order valence-electron chi connectivity index (χ2n) is 5.19. The van der Waals surface area contributed by atoms with E-state index < -0.39 is 5.97 Å². The molecule has 1 aromatic heterocycles. The zero-order valence-electron chi connectivity index (χ0n) is 14.1. The maximum Gasteiger partial charge on any atom is 0.338 e. The second kappa shape index (κ2) is 7.64. The van der Waals surface area contributed by atoms with Crippen LogP contribution < -0.4 is 9.47 Å². The standard InChI is InChI=1S/C18H15FN2O5/c1-23-14-7-12(8-15(9-14)24-2)18(22)25-10-16-20-21-17(26-16)11-3-5-13(19)6-4-11/h3-9H,10H2,1-2H3. The smallest absolute Gasteiger partial charge is 0.338 e. The van der Waals surface area contributed by atoms with Gasteiger partial charge in [-0.2, -0.15) is 0 Å². The van der Waals surface area contributed by atoms with Gasteiger partial charge in [0.1, 0.15) is 17.3 Å². The van der Waals surface area contributed by atoms with Crippen molar-refractivity contribution in [3.05, 3.63) is 59.7 Å². The first-order chi connectivity index (χ1) is 12.6. The lowest BCUT2D eigenvalue weighted by Crippen LogP contribution is -2.06. The molecule has 0 aliphatic carbocycles. The third kappa shape index (κ3) is 3.97. The molecule has 0 saturated carbocycles. The zero-order valence-corrected chi connectivity index (χ0v) is 14.1. The Balaban J connectivity index is 1.67. The first-order valence-electron chi connectivity index (χ1n) is 7.57. The fourth-order valence-electron chi connectivity index (χ4n) is 2.16. The van der Waals surface area contributed by atoms with Crippen LogP contribution in [0.1, 0.15) is 16.2 Å². The quantitative estimate of drug-likeness (QED) is 0.625. The van der Waals surface area contributed by atoms with Crippen molar-refractivity contribution in [1.82, 2.24) is 10.2 Å². The van der Waals surface area contributed by atoms with Gasteiger partial charge in [-0.1, -0.05) is 0 Å². The predicted octanol–water partition coefficient (Wildman–Crippen LogP) is 3.25. The lowest BCUT2D eigenvalue weighted by Gasteiger charge is -2.07. The maximum absolute atomic E-state index is 12.9. The van der Waals surface area contributed by atoms with Crippen molar-refractivity contribution >= 4 is 5.97 Å².